The lowest BCUT2D eigenvalue weighted by Crippen LogP contribution is -2.38. The molecule has 0 saturated carbocycles. The molecule has 0 aliphatic rings. The summed E-state index contributed by atoms with van der Waals surface area (Å²) in [4.78, 5) is 6.97. The van der Waals surface area contributed by atoms with Gasteiger partial charge in [-0.15, -0.1) is 0 Å². The van der Waals surface area contributed by atoms with E-state index in [1.165, 1.54) is 5.56 Å². The van der Waals surface area contributed by atoms with Crippen molar-refractivity contribution in [3.05, 3.63) is 29.6 Å². The average molecular weight is 291 g/mol. The van der Waals surface area contributed by atoms with Crippen molar-refractivity contribution in [2.75, 3.05) is 13.6 Å². The Kier molecular flexibility index (Phi) is 6.82. The van der Waals surface area contributed by atoms with Crippen LogP contribution in [0.15, 0.2) is 18.3 Å². The Morgan fingerprint density at radius 3 is 2.33 bits per heavy atom. The smallest absolute Gasteiger partial charge is 0.0544 e. The molecule has 120 valence electrons. The first-order valence-electron chi connectivity index (χ1n) is 8.05. The standard InChI is InChI=1S/C18H33N3/c1-14(2)10-19-11-16-8-9-17(20-12-16)13-21(7)15(3)18(4,5)6/h8-9,12,14-15,19H,10-11,13H2,1-7H3. The highest BCUT2D eigenvalue weighted by molar-refractivity contribution is 5.14. The van der Waals surface area contributed by atoms with E-state index in [1.807, 2.05) is 6.20 Å². The summed E-state index contributed by atoms with van der Waals surface area (Å²) in [5.74, 6) is 0.685. The van der Waals surface area contributed by atoms with Crippen molar-refractivity contribution in [3.63, 3.8) is 0 Å². The molecule has 0 aliphatic heterocycles. The zero-order valence-corrected chi connectivity index (χ0v) is 14.9. The van der Waals surface area contributed by atoms with Crippen molar-refractivity contribution < 1.29 is 0 Å². The van der Waals surface area contributed by atoms with Crippen LogP contribution in [0.3, 0.4) is 0 Å². The predicted octanol–water partition coefficient (Wildman–Crippen LogP) is 3.69. The average Bonchev–Trinajstić information content (AvgIpc) is 2.38. The van der Waals surface area contributed by atoms with Gasteiger partial charge in [-0.1, -0.05) is 40.7 Å². The molecule has 0 saturated heterocycles. The van der Waals surface area contributed by atoms with Gasteiger partial charge in [0.05, 0.1) is 5.69 Å². The largest absolute Gasteiger partial charge is 0.312 e. The van der Waals surface area contributed by atoms with E-state index in [4.69, 9.17) is 0 Å². The molecule has 0 radical (unpaired) electrons. The van der Waals surface area contributed by atoms with Crippen molar-refractivity contribution in [2.45, 2.75) is 60.7 Å². The Labute approximate surface area is 131 Å². The van der Waals surface area contributed by atoms with Gasteiger partial charge in [0.1, 0.15) is 0 Å². The minimum atomic E-state index is 0.287. The number of hydrogen-bond donors (Lipinski definition) is 1. The van der Waals surface area contributed by atoms with E-state index in [2.05, 4.69) is 75.9 Å². The van der Waals surface area contributed by atoms with Gasteiger partial charge in [-0.3, -0.25) is 9.88 Å². The minimum Gasteiger partial charge on any atom is -0.312 e. The lowest BCUT2D eigenvalue weighted by Gasteiger charge is -2.35. The number of pyridine rings is 1. The molecule has 21 heavy (non-hydrogen) atoms. The third kappa shape index (κ3) is 6.58. The van der Waals surface area contributed by atoms with E-state index >= 15 is 0 Å². The topological polar surface area (TPSA) is 28.2 Å². The zero-order valence-electron chi connectivity index (χ0n) is 14.9. The summed E-state index contributed by atoms with van der Waals surface area (Å²) in [5.41, 5.74) is 2.68. The molecule has 3 nitrogen and oxygen atoms in total. The minimum absolute atomic E-state index is 0.287. The maximum absolute atomic E-state index is 4.60. The van der Waals surface area contributed by atoms with Gasteiger partial charge in [0.25, 0.3) is 0 Å². The van der Waals surface area contributed by atoms with Gasteiger partial charge in [-0.05, 0) is 43.5 Å². The highest BCUT2D eigenvalue weighted by Crippen LogP contribution is 2.23. The van der Waals surface area contributed by atoms with Gasteiger partial charge < -0.3 is 5.32 Å². The van der Waals surface area contributed by atoms with Crippen molar-refractivity contribution in [1.29, 1.82) is 0 Å². The lowest BCUT2D eigenvalue weighted by molar-refractivity contribution is 0.133. The molecule has 0 aliphatic carbocycles. The van der Waals surface area contributed by atoms with Crippen LogP contribution in [0.25, 0.3) is 0 Å². The fraction of sp³-hybridized carbons (Fsp3) is 0.722. The Balaban J connectivity index is 2.51. The first-order chi connectivity index (χ1) is 9.70. The summed E-state index contributed by atoms with van der Waals surface area (Å²) in [7, 11) is 2.18. The van der Waals surface area contributed by atoms with Gasteiger partial charge >= 0.3 is 0 Å². The van der Waals surface area contributed by atoms with Crippen LogP contribution >= 0.6 is 0 Å². The SMILES string of the molecule is CC(C)CNCc1ccc(CN(C)C(C)C(C)(C)C)nc1. The summed E-state index contributed by atoms with van der Waals surface area (Å²) in [6.07, 6.45) is 2.00. The quantitative estimate of drug-likeness (QED) is 0.830. The molecule has 1 unspecified atom stereocenters. The van der Waals surface area contributed by atoms with Gasteiger partial charge in [-0.25, -0.2) is 0 Å². The van der Waals surface area contributed by atoms with Crippen LogP contribution in [0.2, 0.25) is 0 Å². The summed E-state index contributed by atoms with van der Waals surface area (Å²) in [6, 6.07) is 4.86. The molecule has 0 fully saturated rings. The first-order valence-corrected chi connectivity index (χ1v) is 8.05. The number of nitrogens with one attached hydrogen (secondary N) is 1. The maximum atomic E-state index is 4.60. The molecule has 0 amide bonds. The van der Waals surface area contributed by atoms with E-state index in [9.17, 15) is 0 Å². The molecular weight excluding hydrogens is 258 g/mol. The van der Waals surface area contributed by atoms with Crippen LogP contribution in [-0.4, -0.2) is 29.5 Å². The molecule has 1 aromatic rings. The van der Waals surface area contributed by atoms with Crippen molar-refractivity contribution >= 4 is 0 Å². The van der Waals surface area contributed by atoms with Crippen LogP contribution in [0, 0.1) is 11.3 Å². The summed E-state index contributed by atoms with van der Waals surface area (Å²) < 4.78 is 0. The normalized spacial score (nSPS) is 14.0. The monoisotopic (exact) mass is 291 g/mol. The Morgan fingerprint density at radius 2 is 1.86 bits per heavy atom. The molecular formula is C18H33N3. The molecule has 0 bridgehead atoms. The van der Waals surface area contributed by atoms with E-state index in [-0.39, 0.29) is 5.41 Å². The third-order valence-electron chi connectivity index (χ3n) is 4.09. The summed E-state index contributed by atoms with van der Waals surface area (Å²) in [5, 5.41) is 3.45. The Bertz CT molecular complexity index is 403. The Hall–Kier alpha value is -0.930. The van der Waals surface area contributed by atoms with E-state index in [1.54, 1.807) is 0 Å². The fourth-order valence-electron chi connectivity index (χ4n) is 2.21. The van der Waals surface area contributed by atoms with Crippen LogP contribution in [0.4, 0.5) is 0 Å². The lowest BCUT2D eigenvalue weighted by atomic mass is 9.87. The van der Waals surface area contributed by atoms with Gasteiger partial charge in [0.2, 0.25) is 0 Å². The fourth-order valence-corrected chi connectivity index (χ4v) is 2.21. The maximum Gasteiger partial charge on any atom is 0.0544 e. The molecule has 1 rings (SSSR count). The second-order valence-corrected chi connectivity index (χ2v) is 7.64. The number of aromatic nitrogens is 1. The number of rotatable bonds is 7. The van der Waals surface area contributed by atoms with E-state index in [0.717, 1.165) is 25.3 Å². The van der Waals surface area contributed by atoms with Gasteiger partial charge in [0, 0.05) is 25.3 Å². The molecule has 0 spiro atoms. The molecule has 1 atom stereocenters. The second-order valence-electron chi connectivity index (χ2n) is 7.64. The zero-order chi connectivity index (χ0) is 16.0. The third-order valence-corrected chi connectivity index (χ3v) is 4.09. The van der Waals surface area contributed by atoms with Crippen LogP contribution in [-0.2, 0) is 13.1 Å². The highest BCUT2D eigenvalue weighted by Gasteiger charge is 2.23. The molecule has 0 aromatic carbocycles. The van der Waals surface area contributed by atoms with Crippen LogP contribution < -0.4 is 5.32 Å². The van der Waals surface area contributed by atoms with Crippen molar-refractivity contribution in [1.82, 2.24) is 15.2 Å². The van der Waals surface area contributed by atoms with Crippen LogP contribution in [0.1, 0.15) is 52.8 Å². The van der Waals surface area contributed by atoms with Gasteiger partial charge in [-0.2, -0.15) is 0 Å². The molecule has 1 aromatic heterocycles. The first kappa shape index (κ1) is 18.1. The van der Waals surface area contributed by atoms with E-state index < -0.39 is 0 Å². The van der Waals surface area contributed by atoms with Crippen molar-refractivity contribution in [3.8, 4) is 0 Å². The highest BCUT2D eigenvalue weighted by atomic mass is 15.1. The molecule has 3 heteroatoms. The van der Waals surface area contributed by atoms with E-state index in [0.29, 0.717) is 12.0 Å². The summed E-state index contributed by atoms with van der Waals surface area (Å²) >= 11 is 0. The molecule has 1 heterocycles. The predicted molar refractivity (Wildman–Crippen MR) is 91.2 cm³/mol. The number of nitrogens with zero attached hydrogens (tertiary/aromatic N) is 2. The second kappa shape index (κ2) is 7.90. The van der Waals surface area contributed by atoms with Gasteiger partial charge in [0.15, 0.2) is 0 Å². The molecule has 1 N–H and O–H groups in total. The van der Waals surface area contributed by atoms with Crippen LogP contribution in [0.5, 0.6) is 0 Å². The van der Waals surface area contributed by atoms with Crippen molar-refractivity contribution in [2.24, 2.45) is 11.3 Å². The summed E-state index contributed by atoms with van der Waals surface area (Å²) in [6.45, 7) is 16.4. The Morgan fingerprint density at radius 1 is 1.19 bits per heavy atom. The number of hydrogen-bond acceptors (Lipinski definition) is 3.